The number of carbonyl (C=O) groups excluding carboxylic acids is 1. The second-order valence-electron chi connectivity index (χ2n) is 4.72. The molecule has 0 aliphatic rings. The van der Waals surface area contributed by atoms with Gasteiger partial charge in [-0.2, -0.15) is 0 Å². The molecule has 0 atom stereocenters. The van der Waals surface area contributed by atoms with Crippen molar-refractivity contribution in [1.29, 1.82) is 0 Å². The standard InChI is InChI=1S/C14H20N4O2S/c1-4-18(5-2)13(19)10-17(3)9-12-15-16-14(20-12)11-7-6-8-21-11/h6-8H,4-5,9-10H2,1-3H3. The zero-order chi connectivity index (χ0) is 15.2. The SMILES string of the molecule is CCN(CC)C(=O)CN(C)Cc1nnc(-c2cccs2)o1. The van der Waals surface area contributed by atoms with Gasteiger partial charge < -0.3 is 9.32 Å². The van der Waals surface area contributed by atoms with Crippen LogP contribution in [-0.2, 0) is 11.3 Å². The van der Waals surface area contributed by atoms with E-state index in [2.05, 4.69) is 10.2 Å². The van der Waals surface area contributed by atoms with Crippen LogP contribution in [0.1, 0.15) is 19.7 Å². The van der Waals surface area contributed by atoms with Crippen LogP contribution in [0.2, 0.25) is 0 Å². The van der Waals surface area contributed by atoms with Crippen molar-refractivity contribution < 1.29 is 9.21 Å². The Bertz CT molecular complexity index is 563. The molecule has 6 nitrogen and oxygen atoms in total. The van der Waals surface area contributed by atoms with Gasteiger partial charge in [-0.15, -0.1) is 21.5 Å². The fourth-order valence-corrected chi connectivity index (χ4v) is 2.66. The molecule has 0 radical (unpaired) electrons. The van der Waals surface area contributed by atoms with Gasteiger partial charge in [0.15, 0.2) is 0 Å². The summed E-state index contributed by atoms with van der Waals surface area (Å²) in [6.45, 7) is 6.22. The molecule has 0 fully saturated rings. The average molecular weight is 308 g/mol. The first kappa shape index (κ1) is 15.7. The third-order valence-corrected chi connectivity index (χ3v) is 3.98. The molecule has 2 aromatic heterocycles. The first-order chi connectivity index (χ1) is 10.1. The van der Waals surface area contributed by atoms with E-state index in [-0.39, 0.29) is 5.91 Å². The Hall–Kier alpha value is -1.73. The lowest BCUT2D eigenvalue weighted by atomic mass is 10.4. The minimum Gasteiger partial charge on any atom is -0.419 e. The summed E-state index contributed by atoms with van der Waals surface area (Å²) in [6, 6.07) is 3.88. The highest BCUT2D eigenvalue weighted by Gasteiger charge is 2.15. The number of hydrogen-bond acceptors (Lipinski definition) is 6. The lowest BCUT2D eigenvalue weighted by molar-refractivity contribution is -0.131. The Morgan fingerprint density at radius 3 is 2.71 bits per heavy atom. The van der Waals surface area contributed by atoms with Crippen molar-refractivity contribution in [1.82, 2.24) is 20.0 Å². The molecule has 0 aromatic carbocycles. The second kappa shape index (κ2) is 7.33. The van der Waals surface area contributed by atoms with Gasteiger partial charge in [0.05, 0.1) is 18.0 Å². The molecule has 0 saturated heterocycles. The van der Waals surface area contributed by atoms with Gasteiger partial charge in [0.2, 0.25) is 11.8 Å². The smallest absolute Gasteiger partial charge is 0.257 e. The van der Waals surface area contributed by atoms with E-state index < -0.39 is 0 Å². The Labute approximate surface area is 128 Å². The molecule has 2 aromatic rings. The third kappa shape index (κ3) is 4.12. The molecule has 0 saturated carbocycles. The fraction of sp³-hybridized carbons (Fsp3) is 0.500. The summed E-state index contributed by atoms with van der Waals surface area (Å²) in [7, 11) is 1.87. The Kier molecular flexibility index (Phi) is 5.46. The number of likely N-dealkylation sites (N-methyl/N-ethyl adjacent to an activating group) is 2. The van der Waals surface area contributed by atoms with Gasteiger partial charge in [0.25, 0.3) is 5.89 Å². The van der Waals surface area contributed by atoms with Crippen molar-refractivity contribution in [3.8, 4) is 10.8 Å². The molecule has 2 rings (SSSR count). The fourth-order valence-electron chi connectivity index (χ4n) is 2.01. The lowest BCUT2D eigenvalue weighted by Gasteiger charge is -2.22. The number of nitrogens with zero attached hydrogens (tertiary/aromatic N) is 4. The lowest BCUT2D eigenvalue weighted by Crippen LogP contribution is -2.38. The summed E-state index contributed by atoms with van der Waals surface area (Å²) in [5.74, 6) is 1.16. The van der Waals surface area contributed by atoms with Gasteiger partial charge in [-0.25, -0.2) is 0 Å². The van der Waals surface area contributed by atoms with Gasteiger partial charge in [0, 0.05) is 13.1 Å². The molecular weight excluding hydrogens is 288 g/mol. The maximum atomic E-state index is 12.0. The van der Waals surface area contributed by atoms with Crippen molar-refractivity contribution in [2.75, 3.05) is 26.7 Å². The molecule has 0 aliphatic carbocycles. The Balaban J connectivity index is 1.91. The predicted molar refractivity (Wildman–Crippen MR) is 81.9 cm³/mol. The summed E-state index contributed by atoms with van der Waals surface area (Å²) in [5.41, 5.74) is 0. The monoisotopic (exact) mass is 308 g/mol. The Morgan fingerprint density at radius 1 is 1.33 bits per heavy atom. The van der Waals surface area contributed by atoms with E-state index in [1.807, 2.05) is 43.3 Å². The minimum atomic E-state index is 0.112. The highest BCUT2D eigenvalue weighted by Crippen LogP contribution is 2.23. The van der Waals surface area contributed by atoms with Crippen molar-refractivity contribution >= 4 is 17.2 Å². The van der Waals surface area contributed by atoms with Crippen molar-refractivity contribution in [2.45, 2.75) is 20.4 Å². The molecule has 1 amide bonds. The third-order valence-electron chi connectivity index (χ3n) is 3.13. The largest absolute Gasteiger partial charge is 0.419 e. The maximum absolute atomic E-state index is 12.0. The van der Waals surface area contributed by atoms with Crippen LogP contribution in [0.5, 0.6) is 0 Å². The molecule has 0 unspecified atom stereocenters. The van der Waals surface area contributed by atoms with Gasteiger partial charge in [-0.3, -0.25) is 9.69 Å². The van der Waals surface area contributed by atoms with E-state index in [0.29, 0.717) is 24.9 Å². The molecule has 0 spiro atoms. The predicted octanol–water partition coefficient (Wildman–Crippen LogP) is 2.10. The van der Waals surface area contributed by atoms with Crippen LogP contribution < -0.4 is 0 Å². The number of thiophene rings is 1. The number of amides is 1. The first-order valence-corrected chi connectivity index (χ1v) is 7.84. The van der Waals surface area contributed by atoms with Gasteiger partial charge in [-0.1, -0.05) is 6.07 Å². The van der Waals surface area contributed by atoms with Crippen LogP contribution in [-0.4, -0.2) is 52.6 Å². The van der Waals surface area contributed by atoms with Crippen LogP contribution in [0.25, 0.3) is 10.8 Å². The van der Waals surface area contributed by atoms with E-state index >= 15 is 0 Å². The van der Waals surface area contributed by atoms with Gasteiger partial charge in [0.1, 0.15) is 0 Å². The van der Waals surface area contributed by atoms with Gasteiger partial charge in [-0.05, 0) is 32.3 Å². The summed E-state index contributed by atoms with van der Waals surface area (Å²) >= 11 is 1.56. The Morgan fingerprint density at radius 2 is 2.10 bits per heavy atom. The summed E-state index contributed by atoms with van der Waals surface area (Å²) in [6.07, 6.45) is 0. The zero-order valence-electron chi connectivity index (χ0n) is 12.6. The van der Waals surface area contributed by atoms with E-state index in [9.17, 15) is 4.79 Å². The molecule has 114 valence electrons. The molecule has 7 heteroatoms. The molecule has 21 heavy (non-hydrogen) atoms. The number of rotatable bonds is 7. The van der Waals surface area contributed by atoms with E-state index in [4.69, 9.17) is 4.42 Å². The highest BCUT2D eigenvalue weighted by molar-refractivity contribution is 7.13. The summed E-state index contributed by atoms with van der Waals surface area (Å²) in [4.78, 5) is 16.7. The van der Waals surface area contributed by atoms with Crippen LogP contribution in [0, 0.1) is 0 Å². The minimum absolute atomic E-state index is 0.112. The van der Waals surface area contributed by atoms with Crippen LogP contribution in [0.3, 0.4) is 0 Å². The number of carbonyl (C=O) groups is 1. The topological polar surface area (TPSA) is 62.5 Å². The van der Waals surface area contributed by atoms with Crippen molar-refractivity contribution in [3.05, 3.63) is 23.4 Å². The van der Waals surface area contributed by atoms with E-state index in [1.54, 1.807) is 16.2 Å². The second-order valence-corrected chi connectivity index (χ2v) is 5.66. The summed E-state index contributed by atoms with van der Waals surface area (Å²) < 4.78 is 5.62. The quantitative estimate of drug-likeness (QED) is 0.784. The molecule has 0 N–H and O–H groups in total. The van der Waals surface area contributed by atoms with Crippen molar-refractivity contribution in [2.24, 2.45) is 0 Å². The molecule has 0 bridgehead atoms. The van der Waals surface area contributed by atoms with Crippen LogP contribution in [0.4, 0.5) is 0 Å². The maximum Gasteiger partial charge on any atom is 0.257 e. The zero-order valence-corrected chi connectivity index (χ0v) is 13.4. The summed E-state index contributed by atoms with van der Waals surface area (Å²) in [5, 5.41) is 10.0. The normalized spacial score (nSPS) is 11.0. The molecule has 2 heterocycles. The first-order valence-electron chi connectivity index (χ1n) is 6.96. The van der Waals surface area contributed by atoms with Crippen molar-refractivity contribution in [3.63, 3.8) is 0 Å². The number of aromatic nitrogens is 2. The van der Waals surface area contributed by atoms with Crippen LogP contribution >= 0.6 is 11.3 Å². The molecule has 0 aliphatic heterocycles. The highest BCUT2D eigenvalue weighted by atomic mass is 32.1. The van der Waals surface area contributed by atoms with E-state index in [0.717, 1.165) is 18.0 Å². The van der Waals surface area contributed by atoms with Crippen LogP contribution in [0.15, 0.2) is 21.9 Å². The van der Waals surface area contributed by atoms with E-state index in [1.165, 1.54) is 0 Å². The average Bonchev–Trinajstić information content (AvgIpc) is 3.10. The molecular formula is C14H20N4O2S. The number of hydrogen-bond donors (Lipinski definition) is 0. The van der Waals surface area contributed by atoms with Gasteiger partial charge >= 0.3 is 0 Å².